The SMILES string of the molecule is O=S(=O)(CC1CCCO1)NCCO. The molecular formula is C7H15NO4S. The van der Waals surface area contributed by atoms with Crippen LogP contribution in [0.2, 0.25) is 0 Å². The minimum Gasteiger partial charge on any atom is -0.395 e. The maximum atomic E-state index is 11.2. The van der Waals surface area contributed by atoms with E-state index in [2.05, 4.69) is 4.72 Å². The number of aliphatic hydroxyl groups excluding tert-OH is 1. The minimum absolute atomic E-state index is 0.00694. The third kappa shape index (κ3) is 4.04. The highest BCUT2D eigenvalue weighted by atomic mass is 32.2. The molecule has 1 heterocycles. The first-order valence-electron chi connectivity index (χ1n) is 4.34. The number of aliphatic hydroxyl groups is 1. The summed E-state index contributed by atoms with van der Waals surface area (Å²) in [4.78, 5) is 0. The van der Waals surface area contributed by atoms with Crippen LogP contribution < -0.4 is 4.72 Å². The van der Waals surface area contributed by atoms with E-state index in [-0.39, 0.29) is 25.0 Å². The molecule has 13 heavy (non-hydrogen) atoms. The Bertz CT molecular complexity index is 233. The summed E-state index contributed by atoms with van der Waals surface area (Å²) in [5.41, 5.74) is 0. The lowest BCUT2D eigenvalue weighted by atomic mass is 10.3. The number of rotatable bonds is 5. The van der Waals surface area contributed by atoms with Crippen molar-refractivity contribution in [2.75, 3.05) is 25.5 Å². The van der Waals surface area contributed by atoms with Gasteiger partial charge >= 0.3 is 0 Å². The van der Waals surface area contributed by atoms with E-state index in [1.54, 1.807) is 0 Å². The molecule has 1 aliphatic rings. The maximum Gasteiger partial charge on any atom is 0.214 e. The summed E-state index contributed by atoms with van der Waals surface area (Å²) in [6.07, 6.45) is 1.57. The molecule has 1 aliphatic heterocycles. The highest BCUT2D eigenvalue weighted by molar-refractivity contribution is 7.89. The van der Waals surface area contributed by atoms with Gasteiger partial charge in [0, 0.05) is 13.2 Å². The fraction of sp³-hybridized carbons (Fsp3) is 1.00. The highest BCUT2D eigenvalue weighted by Crippen LogP contribution is 2.13. The van der Waals surface area contributed by atoms with Gasteiger partial charge < -0.3 is 9.84 Å². The van der Waals surface area contributed by atoms with E-state index >= 15 is 0 Å². The molecule has 1 fully saturated rings. The summed E-state index contributed by atoms with van der Waals surface area (Å²) in [6.45, 7) is 0.556. The smallest absolute Gasteiger partial charge is 0.214 e. The van der Waals surface area contributed by atoms with Gasteiger partial charge in [0.15, 0.2) is 0 Å². The number of nitrogens with one attached hydrogen (secondary N) is 1. The molecule has 0 spiro atoms. The Kier molecular flexibility index (Phi) is 4.11. The molecule has 2 N–H and O–H groups in total. The zero-order valence-corrected chi connectivity index (χ0v) is 8.22. The van der Waals surface area contributed by atoms with Gasteiger partial charge in [-0.3, -0.25) is 0 Å². The predicted molar refractivity (Wildman–Crippen MR) is 47.8 cm³/mol. The van der Waals surface area contributed by atoms with Gasteiger partial charge in [-0.15, -0.1) is 0 Å². The third-order valence-corrected chi connectivity index (χ3v) is 3.32. The average molecular weight is 209 g/mol. The van der Waals surface area contributed by atoms with Gasteiger partial charge in [-0.1, -0.05) is 0 Å². The third-order valence-electron chi connectivity index (χ3n) is 1.86. The zero-order valence-electron chi connectivity index (χ0n) is 7.40. The summed E-state index contributed by atoms with van der Waals surface area (Å²) in [7, 11) is -3.26. The standard InChI is InChI=1S/C7H15NO4S/c9-4-3-8-13(10,11)6-7-2-1-5-12-7/h7-9H,1-6H2. The Hall–Kier alpha value is -0.170. The van der Waals surface area contributed by atoms with Gasteiger partial charge in [0.25, 0.3) is 0 Å². The lowest BCUT2D eigenvalue weighted by Gasteiger charge is -2.10. The second kappa shape index (κ2) is 4.90. The van der Waals surface area contributed by atoms with E-state index in [9.17, 15) is 8.42 Å². The van der Waals surface area contributed by atoms with E-state index in [1.165, 1.54) is 0 Å². The normalized spacial score (nSPS) is 23.6. The molecule has 1 saturated heterocycles. The molecule has 5 nitrogen and oxygen atoms in total. The summed E-state index contributed by atoms with van der Waals surface area (Å²) in [5.74, 6) is 0.00694. The van der Waals surface area contributed by atoms with Gasteiger partial charge in [0.05, 0.1) is 18.5 Å². The number of hydrogen-bond acceptors (Lipinski definition) is 4. The first-order valence-corrected chi connectivity index (χ1v) is 5.99. The molecule has 1 unspecified atom stereocenters. The van der Waals surface area contributed by atoms with Crippen LogP contribution in [-0.4, -0.2) is 45.1 Å². The van der Waals surface area contributed by atoms with Crippen LogP contribution in [0.15, 0.2) is 0 Å². The molecule has 0 saturated carbocycles. The van der Waals surface area contributed by atoms with Crippen LogP contribution in [0.5, 0.6) is 0 Å². The lowest BCUT2D eigenvalue weighted by Crippen LogP contribution is -2.33. The Morgan fingerprint density at radius 1 is 1.54 bits per heavy atom. The van der Waals surface area contributed by atoms with Gasteiger partial charge in [0.1, 0.15) is 0 Å². The number of hydrogen-bond donors (Lipinski definition) is 2. The largest absolute Gasteiger partial charge is 0.395 e. The fourth-order valence-electron chi connectivity index (χ4n) is 1.28. The van der Waals surface area contributed by atoms with Crippen molar-refractivity contribution < 1.29 is 18.3 Å². The Labute approximate surface area is 78.1 Å². The molecule has 0 aromatic heterocycles. The Balaban J connectivity index is 2.32. The predicted octanol–water partition coefficient (Wildman–Crippen LogP) is -0.923. The van der Waals surface area contributed by atoms with Crippen molar-refractivity contribution in [1.82, 2.24) is 4.72 Å². The van der Waals surface area contributed by atoms with Crippen LogP contribution in [0.25, 0.3) is 0 Å². The first kappa shape index (κ1) is 10.9. The van der Waals surface area contributed by atoms with Crippen molar-refractivity contribution in [3.8, 4) is 0 Å². The molecule has 0 aromatic carbocycles. The van der Waals surface area contributed by atoms with Crippen LogP contribution in [0, 0.1) is 0 Å². The van der Waals surface area contributed by atoms with Gasteiger partial charge in [-0.2, -0.15) is 0 Å². The average Bonchev–Trinajstić information content (AvgIpc) is 2.52. The highest BCUT2D eigenvalue weighted by Gasteiger charge is 2.22. The maximum absolute atomic E-state index is 11.2. The lowest BCUT2D eigenvalue weighted by molar-refractivity contribution is 0.127. The van der Waals surface area contributed by atoms with Crippen molar-refractivity contribution in [3.05, 3.63) is 0 Å². The van der Waals surface area contributed by atoms with E-state index in [1.807, 2.05) is 0 Å². The number of sulfonamides is 1. The summed E-state index contributed by atoms with van der Waals surface area (Å²) in [6, 6.07) is 0. The molecule has 0 aliphatic carbocycles. The first-order chi connectivity index (χ1) is 6.14. The quantitative estimate of drug-likeness (QED) is 0.614. The van der Waals surface area contributed by atoms with Crippen molar-refractivity contribution in [2.24, 2.45) is 0 Å². The van der Waals surface area contributed by atoms with Gasteiger partial charge in [-0.25, -0.2) is 13.1 Å². The van der Waals surface area contributed by atoms with E-state index in [4.69, 9.17) is 9.84 Å². The van der Waals surface area contributed by atoms with Crippen LogP contribution in [0.1, 0.15) is 12.8 Å². The molecule has 1 rings (SSSR count). The van der Waals surface area contributed by atoms with Crippen LogP contribution >= 0.6 is 0 Å². The van der Waals surface area contributed by atoms with Gasteiger partial charge in [0.2, 0.25) is 10.0 Å². The van der Waals surface area contributed by atoms with Gasteiger partial charge in [-0.05, 0) is 12.8 Å². The zero-order chi connectivity index (χ0) is 9.73. The van der Waals surface area contributed by atoms with E-state index < -0.39 is 10.0 Å². The summed E-state index contributed by atoms with van der Waals surface area (Å²) >= 11 is 0. The second-order valence-corrected chi connectivity index (χ2v) is 4.89. The fourth-order valence-corrected chi connectivity index (χ4v) is 2.55. The van der Waals surface area contributed by atoms with Crippen LogP contribution in [0.4, 0.5) is 0 Å². The second-order valence-electron chi connectivity index (χ2n) is 3.03. The molecule has 6 heteroatoms. The van der Waals surface area contributed by atoms with E-state index in [0.717, 1.165) is 12.8 Å². The van der Waals surface area contributed by atoms with Crippen molar-refractivity contribution in [3.63, 3.8) is 0 Å². The summed E-state index contributed by atoms with van der Waals surface area (Å²) in [5, 5.41) is 8.43. The topological polar surface area (TPSA) is 75.6 Å². The minimum atomic E-state index is -3.26. The molecule has 78 valence electrons. The molecule has 0 bridgehead atoms. The van der Waals surface area contributed by atoms with Crippen LogP contribution in [-0.2, 0) is 14.8 Å². The molecule has 0 amide bonds. The van der Waals surface area contributed by atoms with E-state index in [0.29, 0.717) is 6.61 Å². The van der Waals surface area contributed by atoms with Crippen LogP contribution in [0.3, 0.4) is 0 Å². The molecular weight excluding hydrogens is 194 g/mol. The Morgan fingerprint density at radius 3 is 2.85 bits per heavy atom. The monoisotopic (exact) mass is 209 g/mol. The Morgan fingerprint density at radius 2 is 2.31 bits per heavy atom. The summed E-state index contributed by atoms with van der Waals surface area (Å²) < 4.78 is 30.0. The number of ether oxygens (including phenoxy) is 1. The van der Waals surface area contributed by atoms with Crippen molar-refractivity contribution >= 4 is 10.0 Å². The molecule has 1 atom stereocenters. The molecule has 0 radical (unpaired) electrons. The van der Waals surface area contributed by atoms with Crippen molar-refractivity contribution in [1.29, 1.82) is 0 Å². The van der Waals surface area contributed by atoms with Crippen molar-refractivity contribution in [2.45, 2.75) is 18.9 Å². The molecule has 0 aromatic rings.